The molecule has 86 valence electrons. The van der Waals surface area contributed by atoms with Crippen molar-refractivity contribution in [3.63, 3.8) is 0 Å². The van der Waals surface area contributed by atoms with Gasteiger partial charge in [0.15, 0.2) is 0 Å². The molecule has 1 saturated heterocycles. The average molecular weight is 280 g/mol. The molecule has 2 N–H and O–H groups in total. The first-order chi connectivity index (χ1) is 7.49. The second-order valence-corrected chi connectivity index (χ2v) is 5.07. The van der Waals surface area contributed by atoms with Gasteiger partial charge in [-0.2, -0.15) is 0 Å². The van der Waals surface area contributed by atoms with Gasteiger partial charge in [0.2, 0.25) is 5.91 Å². The van der Waals surface area contributed by atoms with Gasteiger partial charge >= 0.3 is 0 Å². The average Bonchev–Trinajstić information content (AvgIpc) is 2.43. The van der Waals surface area contributed by atoms with Crippen LogP contribution in [0.15, 0.2) is 12.1 Å². The Morgan fingerprint density at radius 1 is 1.31 bits per heavy atom. The fourth-order valence-electron chi connectivity index (χ4n) is 1.72. The minimum atomic E-state index is -0.197. The molecule has 1 unspecified atom stereocenters. The van der Waals surface area contributed by atoms with Crippen molar-refractivity contribution in [1.82, 2.24) is 0 Å². The summed E-state index contributed by atoms with van der Waals surface area (Å²) in [5.74, 6) is -0.0754. The smallest absolute Gasteiger partial charge is 0.228 e. The van der Waals surface area contributed by atoms with Crippen LogP contribution in [0.4, 0.5) is 11.4 Å². The molecule has 1 aromatic carbocycles. The Balaban J connectivity index is 2.44. The maximum absolute atomic E-state index is 11.7. The summed E-state index contributed by atoms with van der Waals surface area (Å²) in [4.78, 5) is 13.2. The van der Waals surface area contributed by atoms with Crippen LogP contribution in [0.25, 0.3) is 0 Å². The zero-order chi connectivity index (χ0) is 11.9. The zero-order valence-corrected chi connectivity index (χ0v) is 10.5. The van der Waals surface area contributed by atoms with Crippen LogP contribution in [0.5, 0.6) is 0 Å². The predicted molar refractivity (Wildman–Crippen MR) is 67.5 cm³/mol. The Bertz CT molecular complexity index is 427. The number of rotatable bonds is 1. The van der Waals surface area contributed by atoms with Crippen LogP contribution in [-0.4, -0.2) is 17.8 Å². The molecule has 0 aromatic heterocycles. The van der Waals surface area contributed by atoms with Gasteiger partial charge in [-0.25, -0.2) is 0 Å². The number of nitrogens with two attached hydrogens (primary N) is 1. The second kappa shape index (κ2) is 4.32. The number of hydrogen-bond donors (Lipinski definition) is 1. The van der Waals surface area contributed by atoms with Crippen LogP contribution in [0.2, 0.25) is 10.0 Å². The molecule has 1 amide bonds. The third kappa shape index (κ3) is 2.08. The molecule has 2 rings (SSSR count). The summed E-state index contributed by atoms with van der Waals surface area (Å²) in [5, 5.41) is 0.533. The van der Waals surface area contributed by atoms with Crippen molar-refractivity contribution in [2.24, 2.45) is 0 Å². The number of carbonyl (C=O) groups excluding carboxylic acids is 1. The molecule has 0 aliphatic carbocycles. The lowest BCUT2D eigenvalue weighted by Gasteiger charge is -2.19. The van der Waals surface area contributed by atoms with E-state index in [0.717, 1.165) is 0 Å². The first-order valence-corrected chi connectivity index (χ1v) is 5.87. The zero-order valence-electron chi connectivity index (χ0n) is 8.21. The number of hydrogen-bond acceptors (Lipinski definition) is 2. The maximum Gasteiger partial charge on any atom is 0.228 e. The molecule has 0 bridgehead atoms. The fourth-order valence-corrected chi connectivity index (χ4v) is 2.70. The third-order valence-corrected chi connectivity index (χ3v) is 3.26. The van der Waals surface area contributed by atoms with Crippen LogP contribution < -0.4 is 10.6 Å². The summed E-state index contributed by atoms with van der Waals surface area (Å²) >= 11 is 18.0. The monoisotopic (exact) mass is 278 g/mol. The van der Waals surface area contributed by atoms with Crippen LogP contribution in [-0.2, 0) is 4.79 Å². The van der Waals surface area contributed by atoms with E-state index in [-0.39, 0.29) is 11.3 Å². The SMILES string of the molecule is Nc1cc(Cl)c(N2CC(Cl)CC2=O)c(Cl)c1. The van der Waals surface area contributed by atoms with E-state index >= 15 is 0 Å². The van der Waals surface area contributed by atoms with E-state index in [2.05, 4.69) is 0 Å². The van der Waals surface area contributed by atoms with E-state index in [0.29, 0.717) is 34.4 Å². The number of benzene rings is 1. The van der Waals surface area contributed by atoms with E-state index in [9.17, 15) is 4.79 Å². The molecule has 0 radical (unpaired) electrons. The van der Waals surface area contributed by atoms with Gasteiger partial charge in [-0.15, -0.1) is 11.6 Å². The number of alkyl halides is 1. The largest absolute Gasteiger partial charge is 0.399 e. The topological polar surface area (TPSA) is 46.3 Å². The first-order valence-electron chi connectivity index (χ1n) is 4.68. The van der Waals surface area contributed by atoms with E-state index in [4.69, 9.17) is 40.5 Å². The highest BCUT2D eigenvalue weighted by molar-refractivity contribution is 6.40. The van der Waals surface area contributed by atoms with Crippen molar-refractivity contribution in [1.29, 1.82) is 0 Å². The van der Waals surface area contributed by atoms with Gasteiger partial charge in [0.1, 0.15) is 0 Å². The molecule has 1 aliphatic heterocycles. The molecule has 1 fully saturated rings. The van der Waals surface area contributed by atoms with Gasteiger partial charge in [-0.3, -0.25) is 4.79 Å². The van der Waals surface area contributed by atoms with Crippen LogP contribution in [0, 0.1) is 0 Å². The van der Waals surface area contributed by atoms with E-state index in [1.165, 1.54) is 4.90 Å². The Kier molecular flexibility index (Phi) is 3.19. The Hall–Kier alpha value is -0.640. The summed E-state index contributed by atoms with van der Waals surface area (Å²) < 4.78 is 0. The number of halogens is 3. The molecule has 1 heterocycles. The van der Waals surface area contributed by atoms with Crippen molar-refractivity contribution in [3.8, 4) is 0 Å². The summed E-state index contributed by atoms with van der Waals surface area (Å²) in [6.45, 7) is 0.420. The van der Waals surface area contributed by atoms with Gasteiger partial charge in [0.05, 0.1) is 21.1 Å². The van der Waals surface area contributed by atoms with Crippen LogP contribution in [0.3, 0.4) is 0 Å². The van der Waals surface area contributed by atoms with E-state index in [1.807, 2.05) is 0 Å². The molecule has 1 aliphatic rings. The molecular formula is C10H9Cl3N2O. The summed E-state index contributed by atoms with van der Waals surface area (Å²) in [7, 11) is 0. The van der Waals surface area contributed by atoms with E-state index < -0.39 is 0 Å². The van der Waals surface area contributed by atoms with Crippen molar-refractivity contribution < 1.29 is 4.79 Å². The minimum Gasteiger partial charge on any atom is -0.399 e. The lowest BCUT2D eigenvalue weighted by molar-refractivity contribution is -0.117. The molecule has 16 heavy (non-hydrogen) atoms. The highest BCUT2D eigenvalue weighted by Gasteiger charge is 2.31. The summed E-state index contributed by atoms with van der Waals surface area (Å²) in [6.07, 6.45) is 0.304. The molecule has 3 nitrogen and oxygen atoms in total. The summed E-state index contributed by atoms with van der Waals surface area (Å²) in [5.41, 5.74) is 6.55. The van der Waals surface area contributed by atoms with Gasteiger partial charge in [0.25, 0.3) is 0 Å². The van der Waals surface area contributed by atoms with Crippen LogP contribution >= 0.6 is 34.8 Å². The minimum absolute atomic E-state index is 0.0754. The predicted octanol–water partition coefficient (Wildman–Crippen LogP) is 2.92. The second-order valence-electron chi connectivity index (χ2n) is 3.64. The maximum atomic E-state index is 11.7. The highest BCUT2D eigenvalue weighted by atomic mass is 35.5. The quantitative estimate of drug-likeness (QED) is 0.634. The van der Waals surface area contributed by atoms with Gasteiger partial charge in [0, 0.05) is 18.7 Å². The molecule has 0 saturated carbocycles. The van der Waals surface area contributed by atoms with Crippen molar-refractivity contribution in [3.05, 3.63) is 22.2 Å². The normalized spacial score (nSPS) is 20.6. The van der Waals surface area contributed by atoms with Crippen LogP contribution in [0.1, 0.15) is 6.42 Å². The third-order valence-electron chi connectivity index (χ3n) is 2.39. The lowest BCUT2D eigenvalue weighted by Crippen LogP contribution is -2.25. The Labute approximate surface area is 108 Å². The number of nitrogens with zero attached hydrogens (tertiary/aromatic N) is 1. The molecule has 0 spiro atoms. The Morgan fingerprint density at radius 2 is 1.88 bits per heavy atom. The standard InChI is InChI=1S/C10H9Cl3N2O/c11-5-1-9(16)15(4-5)10-7(12)2-6(14)3-8(10)13/h2-3,5H,1,4,14H2. The number of nitrogen functional groups attached to an aromatic ring is 1. The molecule has 1 aromatic rings. The highest BCUT2D eigenvalue weighted by Crippen LogP contribution is 2.38. The van der Waals surface area contributed by atoms with E-state index in [1.54, 1.807) is 12.1 Å². The number of carbonyl (C=O) groups is 1. The molecule has 1 atom stereocenters. The van der Waals surface area contributed by atoms with Gasteiger partial charge in [-0.1, -0.05) is 23.2 Å². The molecule has 6 heteroatoms. The molecular weight excluding hydrogens is 270 g/mol. The fraction of sp³-hybridized carbons (Fsp3) is 0.300. The first kappa shape index (κ1) is 11.8. The van der Waals surface area contributed by atoms with Crippen molar-refractivity contribution >= 4 is 52.1 Å². The van der Waals surface area contributed by atoms with Crippen molar-refractivity contribution in [2.75, 3.05) is 17.2 Å². The van der Waals surface area contributed by atoms with Gasteiger partial charge in [-0.05, 0) is 12.1 Å². The lowest BCUT2D eigenvalue weighted by atomic mass is 10.2. The number of amides is 1. The summed E-state index contributed by atoms with van der Waals surface area (Å²) in [6, 6.07) is 3.13. The van der Waals surface area contributed by atoms with Gasteiger partial charge < -0.3 is 10.6 Å². The number of anilines is 2. The van der Waals surface area contributed by atoms with Crippen molar-refractivity contribution in [2.45, 2.75) is 11.8 Å². The Morgan fingerprint density at radius 3 is 2.31 bits per heavy atom.